The van der Waals surface area contributed by atoms with E-state index < -0.39 is 5.97 Å². The number of carboxylic acid groups (broad SMARTS) is 1. The number of carboxylic acids is 1. The topological polar surface area (TPSA) is 66.4 Å². The first-order valence-electron chi connectivity index (χ1n) is 5.38. The molecular formula is C13H15NO3. The van der Waals surface area contributed by atoms with E-state index in [4.69, 9.17) is 5.11 Å². The largest absolute Gasteiger partial charge is 0.480 e. The van der Waals surface area contributed by atoms with Gasteiger partial charge in [0.05, 0.1) is 0 Å². The third-order valence-electron chi connectivity index (χ3n) is 2.08. The van der Waals surface area contributed by atoms with Gasteiger partial charge in [-0.2, -0.15) is 0 Å². The van der Waals surface area contributed by atoms with Crippen molar-refractivity contribution < 1.29 is 14.7 Å². The van der Waals surface area contributed by atoms with E-state index in [2.05, 4.69) is 5.32 Å². The summed E-state index contributed by atoms with van der Waals surface area (Å²) in [7, 11) is 0. The summed E-state index contributed by atoms with van der Waals surface area (Å²) in [5.41, 5.74) is 1.08. The van der Waals surface area contributed by atoms with Crippen LogP contribution >= 0.6 is 0 Å². The lowest BCUT2D eigenvalue weighted by Gasteiger charge is -1.99. The molecule has 0 fully saturated rings. The average molecular weight is 233 g/mol. The molecule has 17 heavy (non-hydrogen) atoms. The summed E-state index contributed by atoms with van der Waals surface area (Å²) < 4.78 is 0. The summed E-state index contributed by atoms with van der Waals surface area (Å²) in [6.07, 6.45) is 4.73. The van der Waals surface area contributed by atoms with Crippen LogP contribution in [0, 0.1) is 0 Å². The Morgan fingerprint density at radius 2 is 1.94 bits per heavy atom. The summed E-state index contributed by atoms with van der Waals surface area (Å²) >= 11 is 0. The van der Waals surface area contributed by atoms with Crippen LogP contribution in [0.4, 0.5) is 0 Å². The van der Waals surface area contributed by atoms with E-state index in [-0.39, 0.29) is 12.5 Å². The molecule has 4 heteroatoms. The minimum absolute atomic E-state index is 0.245. The van der Waals surface area contributed by atoms with Crippen molar-refractivity contribution in [2.75, 3.05) is 6.54 Å². The zero-order valence-corrected chi connectivity index (χ0v) is 9.43. The number of hydrogen-bond acceptors (Lipinski definition) is 2. The van der Waals surface area contributed by atoms with Gasteiger partial charge in [-0.05, 0) is 12.0 Å². The van der Waals surface area contributed by atoms with Crippen molar-refractivity contribution in [2.45, 2.75) is 12.8 Å². The molecule has 0 bridgehead atoms. The van der Waals surface area contributed by atoms with Gasteiger partial charge in [0.25, 0.3) is 0 Å². The second-order valence-corrected chi connectivity index (χ2v) is 3.52. The average Bonchev–Trinajstić information content (AvgIpc) is 2.33. The quantitative estimate of drug-likeness (QED) is 0.785. The lowest BCUT2D eigenvalue weighted by molar-refractivity contribution is -0.137. The highest BCUT2D eigenvalue weighted by atomic mass is 16.4. The number of hydrogen-bond donors (Lipinski definition) is 2. The number of amides is 1. The van der Waals surface area contributed by atoms with Crippen LogP contribution in [0.5, 0.6) is 0 Å². The first-order chi connectivity index (χ1) is 8.18. The molecule has 0 aliphatic heterocycles. The van der Waals surface area contributed by atoms with Crippen molar-refractivity contribution in [3.63, 3.8) is 0 Å². The molecule has 0 saturated heterocycles. The van der Waals surface area contributed by atoms with Crippen molar-refractivity contribution in [1.29, 1.82) is 0 Å². The van der Waals surface area contributed by atoms with Crippen LogP contribution in [0.3, 0.4) is 0 Å². The molecule has 2 N–H and O–H groups in total. The molecule has 1 rings (SSSR count). The second kappa shape index (κ2) is 7.22. The van der Waals surface area contributed by atoms with E-state index in [9.17, 15) is 9.59 Å². The van der Waals surface area contributed by atoms with Gasteiger partial charge in [-0.25, -0.2) is 0 Å². The van der Waals surface area contributed by atoms with Gasteiger partial charge in [0.2, 0.25) is 5.91 Å². The van der Waals surface area contributed by atoms with Gasteiger partial charge in [0.15, 0.2) is 0 Å². The molecule has 0 heterocycles. The zero-order valence-electron chi connectivity index (χ0n) is 9.43. The highest BCUT2D eigenvalue weighted by Crippen LogP contribution is 2.02. The first kappa shape index (κ1) is 13.0. The lowest BCUT2D eigenvalue weighted by atomic mass is 10.2. The molecule has 0 atom stereocenters. The summed E-state index contributed by atoms with van der Waals surface area (Å²) in [6.45, 7) is -0.318. The Kier molecular flexibility index (Phi) is 5.51. The Balaban J connectivity index is 2.21. The summed E-state index contributed by atoms with van der Waals surface area (Å²) in [5, 5.41) is 10.7. The molecule has 0 saturated carbocycles. The SMILES string of the molecule is O=C(O)CNC(=O)CCC=Cc1ccccc1. The Bertz CT molecular complexity index is 398. The number of aliphatic carboxylic acids is 1. The molecule has 0 aliphatic carbocycles. The Hall–Kier alpha value is -2.10. The van der Waals surface area contributed by atoms with Gasteiger partial charge in [-0.15, -0.1) is 0 Å². The molecule has 0 unspecified atom stereocenters. The Morgan fingerprint density at radius 3 is 2.59 bits per heavy atom. The van der Waals surface area contributed by atoms with E-state index in [1.165, 1.54) is 0 Å². The van der Waals surface area contributed by atoms with Crippen LogP contribution in [-0.2, 0) is 9.59 Å². The molecule has 0 aromatic heterocycles. The molecule has 1 aromatic carbocycles. The van der Waals surface area contributed by atoms with Crippen molar-refractivity contribution >= 4 is 18.0 Å². The number of carbonyl (C=O) groups is 2. The third kappa shape index (κ3) is 6.14. The van der Waals surface area contributed by atoms with Gasteiger partial charge in [0.1, 0.15) is 6.54 Å². The predicted molar refractivity (Wildman–Crippen MR) is 65.4 cm³/mol. The second-order valence-electron chi connectivity index (χ2n) is 3.52. The van der Waals surface area contributed by atoms with Crippen LogP contribution in [0.2, 0.25) is 0 Å². The smallest absolute Gasteiger partial charge is 0.322 e. The molecule has 0 aliphatic rings. The van der Waals surface area contributed by atoms with E-state index in [0.29, 0.717) is 12.8 Å². The van der Waals surface area contributed by atoms with Crippen LogP contribution in [0.15, 0.2) is 36.4 Å². The first-order valence-corrected chi connectivity index (χ1v) is 5.38. The number of carbonyl (C=O) groups excluding carboxylic acids is 1. The number of rotatable bonds is 6. The Morgan fingerprint density at radius 1 is 1.24 bits per heavy atom. The van der Waals surface area contributed by atoms with E-state index in [1.54, 1.807) is 0 Å². The normalized spacial score (nSPS) is 10.4. The van der Waals surface area contributed by atoms with E-state index in [1.807, 2.05) is 42.5 Å². The van der Waals surface area contributed by atoms with Crippen LogP contribution in [0.1, 0.15) is 18.4 Å². The van der Waals surface area contributed by atoms with Gasteiger partial charge < -0.3 is 10.4 Å². The van der Waals surface area contributed by atoms with Crippen LogP contribution in [-0.4, -0.2) is 23.5 Å². The molecule has 1 amide bonds. The molecule has 0 spiro atoms. The van der Waals surface area contributed by atoms with Crippen molar-refractivity contribution in [3.05, 3.63) is 42.0 Å². The van der Waals surface area contributed by atoms with Crippen LogP contribution < -0.4 is 5.32 Å². The van der Waals surface area contributed by atoms with E-state index in [0.717, 1.165) is 5.56 Å². The molecular weight excluding hydrogens is 218 g/mol. The summed E-state index contributed by atoms with van der Waals surface area (Å²) in [4.78, 5) is 21.3. The maximum Gasteiger partial charge on any atom is 0.322 e. The molecule has 1 aromatic rings. The summed E-state index contributed by atoms with van der Waals surface area (Å²) in [5.74, 6) is -1.27. The molecule has 0 radical (unpaired) electrons. The minimum Gasteiger partial charge on any atom is -0.480 e. The zero-order chi connectivity index (χ0) is 12.5. The van der Waals surface area contributed by atoms with Crippen molar-refractivity contribution in [2.24, 2.45) is 0 Å². The molecule has 90 valence electrons. The fourth-order valence-electron chi connectivity index (χ4n) is 1.26. The fraction of sp³-hybridized carbons (Fsp3) is 0.231. The molecule has 4 nitrogen and oxygen atoms in total. The van der Waals surface area contributed by atoms with Gasteiger partial charge in [-0.3, -0.25) is 9.59 Å². The van der Waals surface area contributed by atoms with Gasteiger partial charge in [-0.1, -0.05) is 42.5 Å². The standard InChI is InChI=1S/C13H15NO3/c15-12(14-10-13(16)17)9-5-4-8-11-6-2-1-3-7-11/h1-4,6-8H,5,9-10H2,(H,14,15)(H,16,17). The minimum atomic E-state index is -1.03. The number of allylic oxidation sites excluding steroid dienone is 1. The predicted octanol–water partition coefficient (Wildman–Crippen LogP) is 1.68. The number of benzene rings is 1. The monoisotopic (exact) mass is 233 g/mol. The van der Waals surface area contributed by atoms with Gasteiger partial charge in [0, 0.05) is 6.42 Å². The number of nitrogens with one attached hydrogen (secondary N) is 1. The highest BCUT2D eigenvalue weighted by Gasteiger charge is 2.01. The maximum absolute atomic E-state index is 11.2. The maximum atomic E-state index is 11.2. The summed E-state index contributed by atoms with van der Waals surface area (Å²) in [6, 6.07) is 9.77. The van der Waals surface area contributed by atoms with Crippen LogP contribution in [0.25, 0.3) is 6.08 Å². The Labute approximate surface area is 100.0 Å². The third-order valence-corrected chi connectivity index (χ3v) is 2.08. The van der Waals surface area contributed by atoms with Crippen molar-refractivity contribution in [1.82, 2.24) is 5.32 Å². The fourth-order valence-corrected chi connectivity index (χ4v) is 1.26. The van der Waals surface area contributed by atoms with Crippen molar-refractivity contribution in [3.8, 4) is 0 Å². The lowest BCUT2D eigenvalue weighted by Crippen LogP contribution is -2.28. The van der Waals surface area contributed by atoms with E-state index >= 15 is 0 Å². The van der Waals surface area contributed by atoms with Gasteiger partial charge >= 0.3 is 5.97 Å². The highest BCUT2D eigenvalue weighted by molar-refractivity contribution is 5.81.